The van der Waals surface area contributed by atoms with Gasteiger partial charge in [-0.3, -0.25) is 4.79 Å². The molecule has 0 bridgehead atoms. The zero-order valence-electron chi connectivity index (χ0n) is 21.8. The molecule has 2 atom stereocenters. The average Bonchev–Trinajstić information content (AvgIpc) is 2.91. The molecule has 0 saturated heterocycles. The van der Waals surface area contributed by atoms with E-state index in [-0.39, 0.29) is 17.6 Å². The van der Waals surface area contributed by atoms with Crippen molar-refractivity contribution in [3.05, 3.63) is 131 Å². The van der Waals surface area contributed by atoms with Crippen LogP contribution in [-0.4, -0.2) is 34.0 Å². The predicted octanol–water partition coefficient (Wildman–Crippen LogP) is 6.74. The van der Waals surface area contributed by atoms with Crippen molar-refractivity contribution in [2.24, 2.45) is 0 Å². The zero-order chi connectivity index (χ0) is 25.5. The minimum Gasteiger partial charge on any atom is -0.378 e. The van der Waals surface area contributed by atoms with Gasteiger partial charge in [0.1, 0.15) is 5.78 Å². The molecule has 0 aromatic heterocycles. The SMILES string of the molecule is CN(C)c1cccc(CC(C(=O)C(Cc2cccc(N(C)C)c2)c2ccccc2)c2ccccc2)c1. The largest absolute Gasteiger partial charge is 0.378 e. The fourth-order valence-corrected chi connectivity index (χ4v) is 4.77. The minimum absolute atomic E-state index is 0.231. The monoisotopic (exact) mass is 476 g/mol. The molecule has 0 fully saturated rings. The lowest BCUT2D eigenvalue weighted by molar-refractivity contribution is -0.122. The molecule has 0 radical (unpaired) electrons. The Hall–Kier alpha value is -3.85. The van der Waals surface area contributed by atoms with Crippen LogP contribution in [0.15, 0.2) is 109 Å². The summed E-state index contributed by atoms with van der Waals surface area (Å²) in [5, 5.41) is 0. The Morgan fingerprint density at radius 3 is 1.31 bits per heavy atom. The van der Waals surface area contributed by atoms with Crippen LogP contribution in [0.2, 0.25) is 0 Å². The predicted molar refractivity (Wildman–Crippen MR) is 152 cm³/mol. The van der Waals surface area contributed by atoms with Gasteiger partial charge in [0.2, 0.25) is 0 Å². The molecule has 3 heteroatoms. The second-order valence-electron chi connectivity index (χ2n) is 9.87. The van der Waals surface area contributed by atoms with Crippen LogP contribution in [-0.2, 0) is 17.6 Å². The summed E-state index contributed by atoms with van der Waals surface area (Å²) >= 11 is 0. The van der Waals surface area contributed by atoms with Gasteiger partial charge in [-0.1, -0.05) is 84.9 Å². The first-order valence-corrected chi connectivity index (χ1v) is 12.6. The fourth-order valence-electron chi connectivity index (χ4n) is 4.77. The first kappa shape index (κ1) is 25.2. The van der Waals surface area contributed by atoms with E-state index in [0.717, 1.165) is 22.5 Å². The van der Waals surface area contributed by atoms with Crippen molar-refractivity contribution in [3.8, 4) is 0 Å². The topological polar surface area (TPSA) is 23.6 Å². The summed E-state index contributed by atoms with van der Waals surface area (Å²) in [6, 6.07) is 37.5. The molecule has 0 spiro atoms. The van der Waals surface area contributed by atoms with Crippen LogP contribution in [0.1, 0.15) is 34.1 Å². The number of hydrogen-bond acceptors (Lipinski definition) is 3. The number of benzene rings is 4. The number of hydrogen-bond donors (Lipinski definition) is 0. The van der Waals surface area contributed by atoms with Gasteiger partial charge in [-0.25, -0.2) is 0 Å². The number of anilines is 2. The van der Waals surface area contributed by atoms with E-state index in [0.29, 0.717) is 12.8 Å². The summed E-state index contributed by atoms with van der Waals surface area (Å²) in [6.07, 6.45) is 1.34. The van der Waals surface area contributed by atoms with Crippen LogP contribution in [0.4, 0.5) is 11.4 Å². The second-order valence-corrected chi connectivity index (χ2v) is 9.87. The van der Waals surface area contributed by atoms with Crippen LogP contribution in [0.3, 0.4) is 0 Å². The van der Waals surface area contributed by atoms with Gasteiger partial charge in [-0.15, -0.1) is 0 Å². The van der Waals surface area contributed by atoms with Crippen molar-refractivity contribution in [1.82, 2.24) is 0 Å². The lowest BCUT2D eigenvalue weighted by atomic mass is 9.78. The van der Waals surface area contributed by atoms with Crippen LogP contribution < -0.4 is 9.80 Å². The Labute approximate surface area is 216 Å². The van der Waals surface area contributed by atoms with Gasteiger partial charge in [-0.2, -0.15) is 0 Å². The summed E-state index contributed by atoms with van der Waals surface area (Å²) in [4.78, 5) is 18.7. The van der Waals surface area contributed by atoms with Gasteiger partial charge in [0, 0.05) is 51.4 Å². The molecular formula is C33H36N2O. The molecule has 4 aromatic carbocycles. The molecule has 0 aliphatic rings. The molecule has 4 aromatic rings. The lowest BCUT2D eigenvalue weighted by Gasteiger charge is -2.25. The van der Waals surface area contributed by atoms with E-state index in [2.05, 4.69) is 82.6 Å². The highest BCUT2D eigenvalue weighted by Crippen LogP contribution is 2.33. The van der Waals surface area contributed by atoms with Gasteiger partial charge in [0.05, 0.1) is 0 Å². The minimum atomic E-state index is -0.231. The van der Waals surface area contributed by atoms with Gasteiger partial charge in [-0.05, 0) is 59.4 Å². The molecule has 0 heterocycles. The van der Waals surface area contributed by atoms with Gasteiger partial charge in [0.25, 0.3) is 0 Å². The smallest absolute Gasteiger partial charge is 0.148 e. The summed E-state index contributed by atoms with van der Waals surface area (Å²) in [6.45, 7) is 0. The molecule has 0 amide bonds. The molecule has 0 aliphatic heterocycles. The molecule has 3 nitrogen and oxygen atoms in total. The van der Waals surface area contributed by atoms with E-state index in [1.807, 2.05) is 64.6 Å². The standard InChI is InChI=1S/C33H36N2O/c1-34(2)29-19-11-13-25(21-29)23-31(27-15-7-5-8-16-27)33(36)32(28-17-9-6-10-18-28)24-26-14-12-20-30(22-26)35(3)4/h5-22,31-32H,23-24H2,1-4H3. The van der Waals surface area contributed by atoms with E-state index in [9.17, 15) is 4.79 Å². The summed E-state index contributed by atoms with van der Waals surface area (Å²) in [7, 11) is 8.19. The molecule has 2 unspecified atom stereocenters. The third-order valence-electron chi connectivity index (χ3n) is 6.82. The third kappa shape index (κ3) is 6.23. The molecule has 36 heavy (non-hydrogen) atoms. The number of carbonyl (C=O) groups excluding carboxylic acids is 1. The Balaban J connectivity index is 1.73. The maximum absolute atomic E-state index is 14.5. The van der Waals surface area contributed by atoms with Crippen LogP contribution in [0, 0.1) is 0 Å². The van der Waals surface area contributed by atoms with Crippen molar-refractivity contribution in [1.29, 1.82) is 0 Å². The Morgan fingerprint density at radius 1 is 0.556 bits per heavy atom. The lowest BCUT2D eigenvalue weighted by Crippen LogP contribution is -2.24. The quantitative estimate of drug-likeness (QED) is 0.253. The summed E-state index contributed by atoms with van der Waals surface area (Å²) in [5.74, 6) is -0.199. The maximum Gasteiger partial charge on any atom is 0.148 e. The van der Waals surface area contributed by atoms with E-state index >= 15 is 0 Å². The highest BCUT2D eigenvalue weighted by molar-refractivity contribution is 5.92. The van der Waals surface area contributed by atoms with Crippen LogP contribution in [0.5, 0.6) is 0 Å². The van der Waals surface area contributed by atoms with Gasteiger partial charge in [0.15, 0.2) is 0 Å². The third-order valence-corrected chi connectivity index (χ3v) is 6.82. The number of rotatable bonds is 10. The van der Waals surface area contributed by atoms with Crippen molar-refractivity contribution in [2.75, 3.05) is 38.0 Å². The first-order valence-electron chi connectivity index (χ1n) is 12.6. The van der Waals surface area contributed by atoms with E-state index < -0.39 is 0 Å². The Morgan fingerprint density at radius 2 is 0.944 bits per heavy atom. The van der Waals surface area contributed by atoms with Crippen molar-refractivity contribution >= 4 is 17.2 Å². The van der Waals surface area contributed by atoms with Crippen molar-refractivity contribution in [3.63, 3.8) is 0 Å². The fraction of sp³-hybridized carbons (Fsp3) is 0.242. The van der Waals surface area contributed by atoms with Crippen LogP contribution in [0.25, 0.3) is 0 Å². The number of carbonyl (C=O) groups is 1. The van der Waals surface area contributed by atoms with Crippen LogP contribution >= 0.6 is 0 Å². The molecule has 0 N–H and O–H groups in total. The van der Waals surface area contributed by atoms with Gasteiger partial charge < -0.3 is 9.80 Å². The van der Waals surface area contributed by atoms with E-state index in [1.165, 1.54) is 11.1 Å². The number of Topliss-reactive ketones (excluding diaryl/α,β-unsaturated/α-hetero) is 1. The van der Waals surface area contributed by atoms with Gasteiger partial charge >= 0.3 is 0 Å². The number of ketones is 1. The van der Waals surface area contributed by atoms with E-state index in [1.54, 1.807) is 0 Å². The molecule has 4 rings (SSSR count). The summed E-state index contributed by atoms with van der Waals surface area (Å²) in [5.41, 5.74) is 6.77. The highest BCUT2D eigenvalue weighted by atomic mass is 16.1. The zero-order valence-corrected chi connectivity index (χ0v) is 21.8. The molecule has 0 aliphatic carbocycles. The first-order chi connectivity index (χ1) is 17.4. The molecule has 0 saturated carbocycles. The Bertz CT molecular complexity index is 1170. The normalized spacial score (nSPS) is 12.6. The van der Waals surface area contributed by atoms with Crippen molar-refractivity contribution in [2.45, 2.75) is 24.7 Å². The average molecular weight is 477 g/mol. The van der Waals surface area contributed by atoms with E-state index in [4.69, 9.17) is 0 Å². The molecular weight excluding hydrogens is 440 g/mol. The highest BCUT2D eigenvalue weighted by Gasteiger charge is 2.30. The summed E-state index contributed by atoms with van der Waals surface area (Å²) < 4.78 is 0. The molecule has 184 valence electrons. The van der Waals surface area contributed by atoms with Crippen molar-refractivity contribution < 1.29 is 4.79 Å². The second kappa shape index (κ2) is 11.7. The Kier molecular flexibility index (Phi) is 8.22. The maximum atomic E-state index is 14.5. The number of nitrogens with zero attached hydrogens (tertiary/aromatic N) is 2.